The summed E-state index contributed by atoms with van der Waals surface area (Å²) in [7, 11) is 1.70. The summed E-state index contributed by atoms with van der Waals surface area (Å²) in [5.74, 6) is -5.00. The van der Waals surface area contributed by atoms with Crippen LogP contribution in [0.3, 0.4) is 0 Å². The fourth-order valence-corrected chi connectivity index (χ4v) is 3.50. The number of hydrogen-bond acceptors (Lipinski definition) is 5. The Bertz CT molecular complexity index is 1080. The van der Waals surface area contributed by atoms with Gasteiger partial charge in [0.1, 0.15) is 6.54 Å². The number of fused-ring (bicyclic) bond motifs is 1. The predicted molar refractivity (Wildman–Crippen MR) is 92.3 cm³/mol. The molecule has 0 aliphatic heterocycles. The number of anilines is 1. The zero-order valence-electron chi connectivity index (χ0n) is 14.3. The third-order valence-corrected chi connectivity index (χ3v) is 4.55. The number of aromatic nitrogens is 3. The van der Waals surface area contributed by atoms with Crippen LogP contribution in [-0.2, 0) is 11.3 Å². The number of nitrogens with one attached hydrogen (secondary N) is 2. The quantitative estimate of drug-likeness (QED) is 0.615. The highest BCUT2D eigenvalue weighted by Crippen LogP contribution is 2.19. The third-order valence-electron chi connectivity index (χ3n) is 3.64. The van der Waals surface area contributed by atoms with Gasteiger partial charge in [-0.05, 0) is 19.1 Å². The Hall–Kier alpha value is -2.79. The van der Waals surface area contributed by atoms with E-state index < -0.39 is 29.0 Å². The van der Waals surface area contributed by atoms with Crippen molar-refractivity contribution in [1.82, 2.24) is 14.6 Å². The molecule has 0 saturated heterocycles. The maximum atomic E-state index is 13.6. The molecule has 0 bridgehead atoms. The van der Waals surface area contributed by atoms with E-state index in [2.05, 4.69) is 15.4 Å². The second-order valence-electron chi connectivity index (χ2n) is 6.01. The van der Waals surface area contributed by atoms with Crippen LogP contribution < -0.4 is 15.8 Å². The molecule has 0 aliphatic rings. The molecule has 2 N–H and O–H groups in total. The zero-order valence-corrected chi connectivity index (χ0v) is 15.2. The highest BCUT2D eigenvalue weighted by Gasteiger charge is 2.18. The second-order valence-corrected chi connectivity index (χ2v) is 7.05. The van der Waals surface area contributed by atoms with Crippen LogP contribution in [0.2, 0.25) is 0 Å². The summed E-state index contributed by atoms with van der Waals surface area (Å²) in [6.07, 6.45) is 0. The number of hydrogen-bond donors (Lipinski definition) is 2. The molecule has 11 heteroatoms. The Kier molecular flexibility index (Phi) is 5.24. The molecule has 142 valence electrons. The highest BCUT2D eigenvalue weighted by atomic mass is 32.1. The van der Waals surface area contributed by atoms with Crippen LogP contribution in [0.5, 0.6) is 0 Å². The summed E-state index contributed by atoms with van der Waals surface area (Å²) in [6, 6.07) is 3.06. The Labute approximate surface area is 155 Å². The van der Waals surface area contributed by atoms with Crippen molar-refractivity contribution in [1.29, 1.82) is 0 Å². The molecule has 7 nitrogen and oxygen atoms in total. The van der Waals surface area contributed by atoms with Gasteiger partial charge in [-0.1, -0.05) is 11.3 Å². The molecule has 0 aliphatic carbocycles. The minimum Gasteiger partial charge on any atom is -0.324 e. The van der Waals surface area contributed by atoms with Crippen LogP contribution >= 0.6 is 11.3 Å². The lowest BCUT2D eigenvalue weighted by Crippen LogP contribution is -3.08. The van der Waals surface area contributed by atoms with Crippen molar-refractivity contribution in [2.75, 3.05) is 18.9 Å². The predicted octanol–water partition coefficient (Wildman–Crippen LogP) is 0.530. The fourth-order valence-electron chi connectivity index (χ4n) is 2.44. The van der Waals surface area contributed by atoms with Crippen molar-refractivity contribution < 1.29 is 22.9 Å². The molecule has 3 rings (SSSR count). The second kappa shape index (κ2) is 7.45. The molecule has 0 saturated carbocycles. The smallest absolute Gasteiger partial charge is 0.279 e. The van der Waals surface area contributed by atoms with Gasteiger partial charge in [0, 0.05) is 11.8 Å². The largest absolute Gasteiger partial charge is 0.324 e. The van der Waals surface area contributed by atoms with E-state index in [1.54, 1.807) is 14.0 Å². The minimum atomic E-state index is -1.64. The van der Waals surface area contributed by atoms with Crippen LogP contribution in [0, 0.1) is 24.4 Å². The van der Waals surface area contributed by atoms with E-state index in [0.29, 0.717) is 27.1 Å². The molecule has 1 unspecified atom stereocenters. The molecule has 1 atom stereocenters. The van der Waals surface area contributed by atoms with Gasteiger partial charge in [-0.2, -0.15) is 9.61 Å². The van der Waals surface area contributed by atoms with E-state index in [0.717, 1.165) is 12.1 Å². The van der Waals surface area contributed by atoms with Crippen LogP contribution in [0.1, 0.15) is 10.7 Å². The standard InChI is InChI=1S/C16H14F3N5O2S/c1-8-5-13(26)24-16(20-8)27-12(22-24)7-23(2)6-11(25)21-10-4-3-9(17)14(18)15(10)19/h3-5H,6-7H2,1-2H3,(H,21,25)/p+1. The van der Waals surface area contributed by atoms with Crippen LogP contribution in [-0.4, -0.2) is 34.1 Å². The first-order valence-corrected chi connectivity index (χ1v) is 8.67. The number of rotatable bonds is 5. The number of halogens is 3. The molecule has 2 heterocycles. The van der Waals surface area contributed by atoms with Crippen molar-refractivity contribution in [3.05, 3.63) is 56.7 Å². The van der Waals surface area contributed by atoms with Gasteiger partial charge in [-0.25, -0.2) is 18.2 Å². The Morgan fingerprint density at radius 2 is 2.04 bits per heavy atom. The number of amides is 1. The van der Waals surface area contributed by atoms with Crippen molar-refractivity contribution >= 4 is 27.9 Å². The van der Waals surface area contributed by atoms with Gasteiger partial charge in [0.05, 0.1) is 12.7 Å². The van der Waals surface area contributed by atoms with E-state index in [9.17, 15) is 22.8 Å². The monoisotopic (exact) mass is 398 g/mol. The number of carbonyl (C=O) groups excluding carboxylic acids is 1. The van der Waals surface area contributed by atoms with Crippen LogP contribution in [0.4, 0.5) is 18.9 Å². The summed E-state index contributed by atoms with van der Waals surface area (Å²) in [4.78, 5) is 29.3. The maximum Gasteiger partial charge on any atom is 0.279 e. The van der Waals surface area contributed by atoms with E-state index in [4.69, 9.17) is 0 Å². The number of aryl methyl sites for hydroxylation is 1. The fraction of sp³-hybridized carbons (Fsp3) is 0.250. The van der Waals surface area contributed by atoms with Gasteiger partial charge in [0.25, 0.3) is 11.5 Å². The molecular weight excluding hydrogens is 383 g/mol. The summed E-state index contributed by atoms with van der Waals surface area (Å²) >= 11 is 1.23. The maximum absolute atomic E-state index is 13.6. The van der Waals surface area contributed by atoms with E-state index in [1.165, 1.54) is 21.9 Å². The van der Waals surface area contributed by atoms with Crippen molar-refractivity contribution in [2.45, 2.75) is 13.5 Å². The van der Waals surface area contributed by atoms with E-state index >= 15 is 0 Å². The number of carbonyl (C=O) groups is 1. The Morgan fingerprint density at radius 3 is 2.78 bits per heavy atom. The molecule has 2 aromatic heterocycles. The highest BCUT2D eigenvalue weighted by molar-refractivity contribution is 7.16. The molecule has 27 heavy (non-hydrogen) atoms. The van der Waals surface area contributed by atoms with Gasteiger partial charge >= 0.3 is 0 Å². The summed E-state index contributed by atoms with van der Waals surface area (Å²) in [6.45, 7) is 1.95. The third kappa shape index (κ3) is 4.14. The molecule has 1 amide bonds. The average Bonchev–Trinajstić information content (AvgIpc) is 2.97. The summed E-state index contributed by atoms with van der Waals surface area (Å²) < 4.78 is 40.9. The van der Waals surface area contributed by atoms with Gasteiger partial charge in [-0.3, -0.25) is 9.59 Å². The number of quaternary nitrogens is 1. The lowest BCUT2D eigenvalue weighted by molar-refractivity contribution is -0.885. The lowest BCUT2D eigenvalue weighted by atomic mass is 10.2. The van der Waals surface area contributed by atoms with Crippen LogP contribution in [0.25, 0.3) is 4.96 Å². The summed E-state index contributed by atoms with van der Waals surface area (Å²) in [5.41, 5.74) is -0.133. The van der Waals surface area contributed by atoms with Gasteiger partial charge in [0.2, 0.25) is 4.96 Å². The van der Waals surface area contributed by atoms with Crippen molar-refractivity contribution in [2.24, 2.45) is 0 Å². The molecule has 0 spiro atoms. The van der Waals surface area contributed by atoms with Gasteiger partial charge in [-0.15, -0.1) is 0 Å². The number of benzene rings is 1. The van der Waals surface area contributed by atoms with Crippen molar-refractivity contribution in [3.63, 3.8) is 0 Å². The zero-order chi connectivity index (χ0) is 19.7. The molecule has 0 radical (unpaired) electrons. The van der Waals surface area contributed by atoms with E-state index in [1.807, 2.05) is 0 Å². The molecule has 1 aromatic carbocycles. The molecular formula is C16H15F3N5O2S+. The minimum absolute atomic E-state index is 0.0737. The number of nitrogens with zero attached hydrogens (tertiary/aromatic N) is 3. The Balaban J connectivity index is 1.66. The first-order chi connectivity index (χ1) is 12.7. The van der Waals surface area contributed by atoms with E-state index in [-0.39, 0.29) is 12.1 Å². The average molecular weight is 398 g/mol. The normalized spacial score (nSPS) is 12.3. The lowest BCUT2D eigenvalue weighted by Gasteiger charge is -2.12. The number of likely N-dealkylation sites (N-methyl/N-ethyl adjacent to an activating group) is 1. The van der Waals surface area contributed by atoms with Crippen LogP contribution in [0.15, 0.2) is 23.0 Å². The molecule has 3 aromatic rings. The van der Waals surface area contributed by atoms with Gasteiger partial charge < -0.3 is 10.2 Å². The summed E-state index contributed by atoms with van der Waals surface area (Å²) in [5, 5.41) is 6.98. The Morgan fingerprint density at radius 1 is 1.30 bits per heavy atom. The molecule has 0 fully saturated rings. The topological polar surface area (TPSA) is 80.8 Å². The SMILES string of the molecule is Cc1cc(=O)n2nc(C[NH+](C)CC(=O)Nc3ccc(F)c(F)c3F)sc2n1. The van der Waals surface area contributed by atoms with Crippen molar-refractivity contribution in [3.8, 4) is 0 Å². The first-order valence-electron chi connectivity index (χ1n) is 7.85. The first kappa shape index (κ1) is 19.0. The van der Waals surface area contributed by atoms with Gasteiger partial charge in [0.15, 0.2) is 29.0 Å².